The normalized spacial score (nSPS) is 22.1. The minimum Gasteiger partial charge on any atom is -0.372 e. The predicted molar refractivity (Wildman–Crippen MR) is 109 cm³/mol. The van der Waals surface area contributed by atoms with Gasteiger partial charge in [-0.1, -0.05) is 37.3 Å². The van der Waals surface area contributed by atoms with E-state index in [2.05, 4.69) is 18.7 Å². The molecule has 1 fully saturated rings. The highest BCUT2D eigenvalue weighted by atomic mass is 16.5. The van der Waals surface area contributed by atoms with Gasteiger partial charge >= 0.3 is 0 Å². The van der Waals surface area contributed by atoms with E-state index in [1.54, 1.807) is 0 Å². The fraction of sp³-hybridized carbons (Fsp3) is 0.500. The number of fused-ring (bicyclic) bond motifs is 1. The van der Waals surface area contributed by atoms with Gasteiger partial charge in [-0.15, -0.1) is 0 Å². The van der Waals surface area contributed by atoms with Gasteiger partial charge in [-0.25, -0.2) is 9.97 Å². The van der Waals surface area contributed by atoms with Crippen molar-refractivity contribution in [3.05, 3.63) is 41.6 Å². The summed E-state index contributed by atoms with van der Waals surface area (Å²) in [6, 6.07) is 10.1. The summed E-state index contributed by atoms with van der Waals surface area (Å²) >= 11 is 0. The summed E-state index contributed by atoms with van der Waals surface area (Å²) < 4.78 is 5.92. The second-order valence-corrected chi connectivity index (χ2v) is 7.74. The molecule has 1 amide bonds. The number of morpholine rings is 1. The zero-order valence-corrected chi connectivity index (χ0v) is 16.9. The minimum atomic E-state index is 0.145. The van der Waals surface area contributed by atoms with Crippen LogP contribution in [0.25, 0.3) is 11.4 Å². The summed E-state index contributed by atoms with van der Waals surface area (Å²) in [5.74, 6) is 1.91. The highest BCUT2D eigenvalue weighted by Crippen LogP contribution is 2.31. The molecule has 148 valence electrons. The topological polar surface area (TPSA) is 58.6 Å². The minimum absolute atomic E-state index is 0.145. The van der Waals surface area contributed by atoms with Crippen molar-refractivity contribution in [1.82, 2.24) is 14.9 Å². The van der Waals surface area contributed by atoms with E-state index in [1.165, 1.54) is 0 Å². The number of ether oxygens (including phenoxy) is 1. The smallest absolute Gasteiger partial charge is 0.222 e. The number of nitrogens with zero attached hydrogens (tertiary/aromatic N) is 4. The lowest BCUT2D eigenvalue weighted by molar-refractivity contribution is -0.131. The van der Waals surface area contributed by atoms with Crippen LogP contribution in [0, 0.1) is 0 Å². The Bertz CT molecular complexity index is 845. The molecule has 4 rings (SSSR count). The van der Waals surface area contributed by atoms with Crippen molar-refractivity contribution >= 4 is 11.7 Å². The van der Waals surface area contributed by atoms with Crippen molar-refractivity contribution in [3.8, 4) is 11.4 Å². The molecule has 0 saturated carbocycles. The molecule has 2 aliphatic heterocycles. The lowest BCUT2D eigenvalue weighted by Gasteiger charge is -2.39. The van der Waals surface area contributed by atoms with Gasteiger partial charge in [-0.3, -0.25) is 4.79 Å². The fourth-order valence-electron chi connectivity index (χ4n) is 4.16. The van der Waals surface area contributed by atoms with Crippen molar-refractivity contribution in [2.24, 2.45) is 0 Å². The third-order valence-electron chi connectivity index (χ3n) is 5.44. The maximum Gasteiger partial charge on any atom is 0.222 e. The van der Waals surface area contributed by atoms with Crippen molar-refractivity contribution in [3.63, 3.8) is 0 Å². The molecule has 0 bridgehead atoms. The average Bonchev–Trinajstić information content (AvgIpc) is 2.72. The molecule has 6 heteroatoms. The molecule has 0 spiro atoms. The standard InChI is InChI=1S/C22H28N4O2/c1-4-20(27)25-11-10-19-18(14-25)22(26-12-15(2)28-16(3)13-26)24-21(23-19)17-8-6-5-7-9-17/h5-9,15-16H,4,10-14H2,1-3H3/t15-,16+. The van der Waals surface area contributed by atoms with Gasteiger partial charge in [0.2, 0.25) is 5.91 Å². The first-order valence-electron chi connectivity index (χ1n) is 10.2. The molecule has 0 N–H and O–H groups in total. The molecule has 0 radical (unpaired) electrons. The molecule has 2 aliphatic rings. The van der Waals surface area contributed by atoms with Crippen molar-refractivity contribution < 1.29 is 9.53 Å². The van der Waals surface area contributed by atoms with Gasteiger partial charge in [0.15, 0.2) is 5.82 Å². The van der Waals surface area contributed by atoms with Crippen LogP contribution >= 0.6 is 0 Å². The molecule has 2 atom stereocenters. The van der Waals surface area contributed by atoms with Crippen LogP contribution in [0.3, 0.4) is 0 Å². The molecule has 3 heterocycles. The van der Waals surface area contributed by atoms with Crippen LogP contribution in [0.1, 0.15) is 38.4 Å². The van der Waals surface area contributed by atoms with Crippen LogP contribution in [0.15, 0.2) is 30.3 Å². The summed E-state index contributed by atoms with van der Waals surface area (Å²) in [6.07, 6.45) is 1.59. The fourth-order valence-corrected chi connectivity index (χ4v) is 4.16. The van der Waals surface area contributed by atoms with E-state index in [9.17, 15) is 4.79 Å². The molecule has 1 saturated heterocycles. The van der Waals surface area contributed by atoms with Gasteiger partial charge in [-0.2, -0.15) is 0 Å². The molecular formula is C22H28N4O2. The first-order valence-corrected chi connectivity index (χ1v) is 10.2. The van der Waals surface area contributed by atoms with Gasteiger partial charge in [0.25, 0.3) is 0 Å². The summed E-state index contributed by atoms with van der Waals surface area (Å²) in [5, 5.41) is 0. The zero-order chi connectivity index (χ0) is 19.7. The zero-order valence-electron chi connectivity index (χ0n) is 16.9. The summed E-state index contributed by atoms with van der Waals surface area (Å²) in [6.45, 7) is 9.02. The number of hydrogen-bond donors (Lipinski definition) is 0. The van der Waals surface area contributed by atoms with Crippen LogP contribution in [0.5, 0.6) is 0 Å². The van der Waals surface area contributed by atoms with Crippen LogP contribution in [-0.4, -0.2) is 52.6 Å². The van der Waals surface area contributed by atoms with Gasteiger partial charge in [-0.05, 0) is 13.8 Å². The number of aromatic nitrogens is 2. The predicted octanol–water partition coefficient (Wildman–Crippen LogP) is 3.05. The van der Waals surface area contributed by atoms with Crippen molar-refractivity contribution in [2.45, 2.75) is 52.4 Å². The second kappa shape index (κ2) is 7.87. The third-order valence-corrected chi connectivity index (χ3v) is 5.44. The van der Waals surface area contributed by atoms with E-state index >= 15 is 0 Å². The second-order valence-electron chi connectivity index (χ2n) is 7.74. The van der Waals surface area contributed by atoms with Gasteiger partial charge in [0.1, 0.15) is 5.82 Å². The number of hydrogen-bond acceptors (Lipinski definition) is 5. The molecule has 1 aromatic heterocycles. The third kappa shape index (κ3) is 3.74. The number of rotatable bonds is 3. The van der Waals surface area contributed by atoms with Crippen LogP contribution < -0.4 is 4.90 Å². The summed E-state index contributed by atoms with van der Waals surface area (Å²) in [5.41, 5.74) is 3.18. The van der Waals surface area contributed by atoms with Crippen molar-refractivity contribution in [2.75, 3.05) is 24.5 Å². The van der Waals surface area contributed by atoms with E-state index in [4.69, 9.17) is 14.7 Å². The largest absolute Gasteiger partial charge is 0.372 e. The Labute approximate surface area is 166 Å². The lowest BCUT2D eigenvalue weighted by atomic mass is 10.0. The van der Waals surface area contributed by atoms with Crippen molar-refractivity contribution in [1.29, 1.82) is 0 Å². The quantitative estimate of drug-likeness (QED) is 0.819. The van der Waals surface area contributed by atoms with Gasteiger partial charge < -0.3 is 14.5 Å². The molecule has 0 aliphatic carbocycles. The number of anilines is 1. The molecule has 1 aromatic carbocycles. The number of carbonyl (C=O) groups excluding carboxylic acids is 1. The first-order chi connectivity index (χ1) is 13.5. The number of carbonyl (C=O) groups is 1. The van der Waals surface area contributed by atoms with Gasteiger partial charge in [0.05, 0.1) is 24.4 Å². The monoisotopic (exact) mass is 380 g/mol. The average molecular weight is 380 g/mol. The van der Waals surface area contributed by atoms with Gasteiger partial charge in [0, 0.05) is 43.6 Å². The Morgan fingerprint density at radius 3 is 2.54 bits per heavy atom. The van der Waals surface area contributed by atoms with Crippen LogP contribution in [-0.2, 0) is 22.5 Å². The van der Waals surface area contributed by atoms with E-state index in [0.717, 1.165) is 54.5 Å². The Kier molecular flexibility index (Phi) is 5.31. The van der Waals surface area contributed by atoms with E-state index < -0.39 is 0 Å². The molecule has 28 heavy (non-hydrogen) atoms. The highest BCUT2D eigenvalue weighted by molar-refractivity contribution is 5.76. The molecule has 0 unspecified atom stereocenters. The Morgan fingerprint density at radius 2 is 1.86 bits per heavy atom. The Hall–Kier alpha value is -2.47. The van der Waals surface area contributed by atoms with E-state index in [-0.39, 0.29) is 18.1 Å². The van der Waals surface area contributed by atoms with Crippen LogP contribution in [0.4, 0.5) is 5.82 Å². The van der Waals surface area contributed by atoms with Crippen LogP contribution in [0.2, 0.25) is 0 Å². The first kappa shape index (κ1) is 18.9. The SMILES string of the molecule is CCC(=O)N1CCc2nc(-c3ccccc3)nc(N3C[C@@H](C)O[C@@H](C)C3)c2C1. The summed E-state index contributed by atoms with van der Waals surface area (Å²) in [4.78, 5) is 26.4. The van der Waals surface area contributed by atoms with E-state index in [0.29, 0.717) is 13.0 Å². The van der Waals surface area contributed by atoms with E-state index in [1.807, 2.05) is 42.2 Å². The Morgan fingerprint density at radius 1 is 1.14 bits per heavy atom. The molecule has 6 nitrogen and oxygen atoms in total. The molecule has 2 aromatic rings. The Balaban J connectivity index is 1.78. The molecular weight excluding hydrogens is 352 g/mol. The lowest BCUT2D eigenvalue weighted by Crippen LogP contribution is -2.47. The highest BCUT2D eigenvalue weighted by Gasteiger charge is 2.30. The summed E-state index contributed by atoms with van der Waals surface area (Å²) in [7, 11) is 0. The maximum atomic E-state index is 12.3. The number of amides is 1. The maximum absolute atomic E-state index is 12.3. The number of benzene rings is 1.